The molecule has 24 heavy (non-hydrogen) atoms. The van der Waals surface area contributed by atoms with Crippen LogP contribution in [-0.2, 0) is 9.53 Å². The zero-order chi connectivity index (χ0) is 18.0. The standard InChI is InChI=1S/C17H21N3O3S/c1-10-13(15(21)19(2)3)14(18-17(24)20(10)4)11-6-8-12(9-7-11)16(22)23-5/h6-9,14H,1-5H3,(H,18,24). The summed E-state index contributed by atoms with van der Waals surface area (Å²) in [5.41, 5.74) is 2.74. The fraction of sp³-hybridized carbons (Fsp3) is 0.353. The lowest BCUT2D eigenvalue weighted by atomic mass is 9.93. The van der Waals surface area contributed by atoms with Crippen molar-refractivity contribution in [3.05, 3.63) is 46.7 Å². The van der Waals surface area contributed by atoms with E-state index in [1.807, 2.05) is 14.0 Å². The van der Waals surface area contributed by atoms with Crippen molar-refractivity contribution in [1.29, 1.82) is 0 Å². The van der Waals surface area contributed by atoms with E-state index in [1.165, 1.54) is 7.11 Å². The van der Waals surface area contributed by atoms with Gasteiger partial charge in [0.1, 0.15) is 0 Å². The van der Waals surface area contributed by atoms with Gasteiger partial charge in [0.2, 0.25) is 0 Å². The SMILES string of the molecule is COC(=O)c1ccc(C2NC(=S)N(C)C(C)=C2C(=O)N(C)C)cc1. The number of likely N-dealkylation sites (N-methyl/N-ethyl adjacent to an activating group) is 1. The molecule has 0 saturated carbocycles. The van der Waals surface area contributed by atoms with Crippen LogP contribution in [0, 0.1) is 0 Å². The van der Waals surface area contributed by atoms with Crippen LogP contribution in [0.3, 0.4) is 0 Å². The first-order chi connectivity index (χ1) is 11.3. The van der Waals surface area contributed by atoms with Crippen LogP contribution in [0.1, 0.15) is 28.9 Å². The summed E-state index contributed by atoms with van der Waals surface area (Å²) in [5, 5.41) is 3.74. The van der Waals surface area contributed by atoms with E-state index in [0.29, 0.717) is 16.2 Å². The Morgan fingerprint density at radius 1 is 1.25 bits per heavy atom. The number of carbonyl (C=O) groups is 2. The number of nitrogens with zero attached hydrogens (tertiary/aromatic N) is 2. The molecule has 128 valence electrons. The molecule has 1 N–H and O–H groups in total. The fourth-order valence-electron chi connectivity index (χ4n) is 2.53. The van der Waals surface area contributed by atoms with Gasteiger partial charge in [0.05, 0.1) is 24.3 Å². The van der Waals surface area contributed by atoms with Gasteiger partial charge in [-0.15, -0.1) is 0 Å². The maximum absolute atomic E-state index is 12.6. The summed E-state index contributed by atoms with van der Waals surface area (Å²) in [6, 6.07) is 6.59. The van der Waals surface area contributed by atoms with Crippen LogP contribution in [0.25, 0.3) is 0 Å². The van der Waals surface area contributed by atoms with Crippen LogP contribution in [0.2, 0.25) is 0 Å². The zero-order valence-corrected chi connectivity index (χ0v) is 15.2. The van der Waals surface area contributed by atoms with Crippen molar-refractivity contribution in [2.45, 2.75) is 13.0 Å². The molecule has 1 unspecified atom stereocenters. The molecule has 1 atom stereocenters. The van der Waals surface area contributed by atoms with Crippen LogP contribution in [-0.4, -0.2) is 55.0 Å². The smallest absolute Gasteiger partial charge is 0.337 e. The topological polar surface area (TPSA) is 61.9 Å². The van der Waals surface area contributed by atoms with Crippen molar-refractivity contribution >= 4 is 29.2 Å². The molecule has 0 bridgehead atoms. The Balaban J connectivity index is 2.48. The van der Waals surface area contributed by atoms with Crippen molar-refractivity contribution in [2.24, 2.45) is 0 Å². The van der Waals surface area contributed by atoms with E-state index in [4.69, 9.17) is 17.0 Å². The first-order valence-electron chi connectivity index (χ1n) is 7.42. The van der Waals surface area contributed by atoms with Gasteiger partial charge in [0.15, 0.2) is 5.11 Å². The van der Waals surface area contributed by atoms with Crippen molar-refractivity contribution in [3.63, 3.8) is 0 Å². The number of esters is 1. The lowest BCUT2D eigenvalue weighted by molar-refractivity contribution is -0.125. The van der Waals surface area contributed by atoms with Gasteiger partial charge in [0.25, 0.3) is 5.91 Å². The molecule has 0 spiro atoms. The van der Waals surface area contributed by atoms with Crippen molar-refractivity contribution in [1.82, 2.24) is 15.1 Å². The number of carbonyl (C=O) groups excluding carboxylic acids is 2. The number of thiocarbonyl (C=S) groups is 1. The largest absolute Gasteiger partial charge is 0.465 e. The van der Waals surface area contributed by atoms with Gasteiger partial charge in [-0.3, -0.25) is 4.79 Å². The number of ether oxygens (including phenoxy) is 1. The molecule has 6 nitrogen and oxygen atoms in total. The van der Waals surface area contributed by atoms with Crippen molar-refractivity contribution in [3.8, 4) is 0 Å². The van der Waals surface area contributed by atoms with Gasteiger partial charge >= 0.3 is 5.97 Å². The summed E-state index contributed by atoms with van der Waals surface area (Å²) in [7, 11) is 6.59. The van der Waals surface area contributed by atoms with Gasteiger partial charge in [-0.1, -0.05) is 12.1 Å². The van der Waals surface area contributed by atoms with E-state index in [9.17, 15) is 9.59 Å². The van der Waals surface area contributed by atoms with Gasteiger partial charge < -0.3 is 19.9 Å². The lowest BCUT2D eigenvalue weighted by Gasteiger charge is -2.36. The molecule has 0 fully saturated rings. The predicted molar refractivity (Wildman–Crippen MR) is 95.4 cm³/mol. The summed E-state index contributed by atoms with van der Waals surface area (Å²) in [6.07, 6.45) is 0. The Morgan fingerprint density at radius 2 is 1.83 bits per heavy atom. The second kappa shape index (κ2) is 7.00. The molecule has 1 aliphatic heterocycles. The van der Waals surface area contributed by atoms with Crippen LogP contribution in [0.5, 0.6) is 0 Å². The molecule has 1 heterocycles. The molecule has 0 saturated heterocycles. The molecule has 2 rings (SSSR count). The average molecular weight is 347 g/mol. The zero-order valence-electron chi connectivity index (χ0n) is 14.4. The number of hydrogen-bond acceptors (Lipinski definition) is 4. The number of allylic oxidation sites excluding steroid dienone is 1. The number of amides is 1. The van der Waals surface area contributed by atoms with Crippen LogP contribution in [0.4, 0.5) is 0 Å². The summed E-state index contributed by atoms with van der Waals surface area (Å²) in [6.45, 7) is 1.87. The number of hydrogen-bond donors (Lipinski definition) is 1. The molecule has 1 aliphatic rings. The highest BCUT2D eigenvalue weighted by Gasteiger charge is 2.33. The van der Waals surface area contributed by atoms with Crippen LogP contribution in [0.15, 0.2) is 35.5 Å². The third kappa shape index (κ3) is 3.26. The first kappa shape index (κ1) is 17.9. The summed E-state index contributed by atoms with van der Waals surface area (Å²) >= 11 is 5.36. The van der Waals surface area contributed by atoms with Crippen LogP contribution < -0.4 is 5.32 Å². The minimum Gasteiger partial charge on any atom is -0.465 e. The molecule has 0 aromatic heterocycles. The summed E-state index contributed by atoms with van der Waals surface area (Å²) in [4.78, 5) is 27.5. The van der Waals surface area contributed by atoms with Crippen LogP contribution >= 0.6 is 12.2 Å². The van der Waals surface area contributed by atoms with Gasteiger partial charge in [-0.2, -0.15) is 0 Å². The predicted octanol–water partition coefficient (Wildman–Crippen LogP) is 1.70. The maximum atomic E-state index is 12.6. The number of methoxy groups -OCH3 is 1. The molecule has 1 amide bonds. The fourth-order valence-corrected chi connectivity index (χ4v) is 2.79. The second-order valence-corrected chi connectivity index (χ2v) is 6.14. The Bertz CT molecular complexity index is 710. The Morgan fingerprint density at radius 3 is 2.33 bits per heavy atom. The third-order valence-corrected chi connectivity index (χ3v) is 4.45. The number of benzene rings is 1. The minimum atomic E-state index is -0.398. The Hall–Kier alpha value is -2.41. The Kier molecular flexibility index (Phi) is 5.23. The third-order valence-electron chi connectivity index (χ3n) is 4.06. The van der Waals surface area contributed by atoms with Crippen molar-refractivity contribution in [2.75, 3.05) is 28.3 Å². The van der Waals surface area contributed by atoms with E-state index < -0.39 is 5.97 Å². The van der Waals surface area contributed by atoms with E-state index in [1.54, 1.807) is 48.2 Å². The highest BCUT2D eigenvalue weighted by molar-refractivity contribution is 7.80. The minimum absolute atomic E-state index is 0.0867. The Labute approximate surface area is 147 Å². The molecule has 1 aromatic carbocycles. The van der Waals surface area contributed by atoms with E-state index in [2.05, 4.69) is 5.32 Å². The number of rotatable bonds is 3. The quantitative estimate of drug-likeness (QED) is 0.663. The van der Waals surface area contributed by atoms with E-state index in [-0.39, 0.29) is 11.9 Å². The molecule has 0 aliphatic carbocycles. The average Bonchev–Trinajstić information content (AvgIpc) is 2.58. The second-order valence-electron chi connectivity index (χ2n) is 5.75. The van der Waals surface area contributed by atoms with Crippen molar-refractivity contribution < 1.29 is 14.3 Å². The normalized spacial score (nSPS) is 17.5. The first-order valence-corrected chi connectivity index (χ1v) is 7.83. The molecule has 7 heteroatoms. The van der Waals surface area contributed by atoms with E-state index >= 15 is 0 Å². The van der Waals surface area contributed by atoms with Gasteiger partial charge in [-0.25, -0.2) is 4.79 Å². The highest BCUT2D eigenvalue weighted by Crippen LogP contribution is 2.31. The summed E-state index contributed by atoms with van der Waals surface area (Å²) < 4.78 is 4.71. The maximum Gasteiger partial charge on any atom is 0.337 e. The lowest BCUT2D eigenvalue weighted by Crippen LogP contribution is -2.47. The van der Waals surface area contributed by atoms with E-state index in [0.717, 1.165) is 11.3 Å². The highest BCUT2D eigenvalue weighted by atomic mass is 32.1. The summed E-state index contributed by atoms with van der Waals surface area (Å²) in [5.74, 6) is -0.485. The molecular weight excluding hydrogens is 326 g/mol. The molecular formula is C17H21N3O3S. The van der Waals surface area contributed by atoms with Gasteiger partial charge in [-0.05, 0) is 36.8 Å². The number of nitrogens with one attached hydrogen (secondary N) is 1. The molecule has 1 aromatic rings. The molecule has 0 radical (unpaired) electrons. The monoisotopic (exact) mass is 347 g/mol. The van der Waals surface area contributed by atoms with Gasteiger partial charge in [0, 0.05) is 26.8 Å².